The molecule has 2 heterocycles. The molecule has 0 N–H and O–H groups in total. The smallest absolute Gasteiger partial charge is 0.340 e. The molecule has 238 valence electrons. The number of carbonyl (C=O) groups excluding carboxylic acids is 2. The molecule has 0 aliphatic carbocycles. The second-order valence-corrected chi connectivity index (χ2v) is 13.7. The Kier molecular flexibility index (Phi) is 10.1. The van der Waals surface area contributed by atoms with Crippen LogP contribution in [-0.2, 0) is 37.4 Å². The van der Waals surface area contributed by atoms with Gasteiger partial charge in [-0.2, -0.15) is 4.31 Å². The highest BCUT2D eigenvalue weighted by Crippen LogP contribution is 2.36. The summed E-state index contributed by atoms with van der Waals surface area (Å²) in [5.41, 5.74) is 2.87. The average Bonchev–Trinajstić information content (AvgIpc) is 3.56. The number of benzene rings is 3. The largest absolute Gasteiger partial charge is 0.462 e. The lowest BCUT2D eigenvalue weighted by atomic mass is 10.1. The van der Waals surface area contributed by atoms with Gasteiger partial charge in [-0.3, -0.25) is 9.69 Å². The highest BCUT2D eigenvalue weighted by atomic mass is 35.5. The summed E-state index contributed by atoms with van der Waals surface area (Å²) in [6.45, 7) is 5.24. The second kappa shape index (κ2) is 13.9. The molecule has 8 nitrogen and oxygen atoms in total. The number of anilines is 1. The van der Waals surface area contributed by atoms with Crippen molar-refractivity contribution in [2.45, 2.75) is 38.8 Å². The van der Waals surface area contributed by atoms with Crippen LogP contribution in [0, 0.1) is 6.92 Å². The van der Waals surface area contributed by atoms with Crippen LogP contribution >= 0.6 is 34.8 Å². The summed E-state index contributed by atoms with van der Waals surface area (Å²) >= 11 is 18.3. The number of hydrogen-bond acceptors (Lipinski definition) is 6. The summed E-state index contributed by atoms with van der Waals surface area (Å²) < 4.78 is 40.2. The summed E-state index contributed by atoms with van der Waals surface area (Å²) in [7, 11) is -4.04. The lowest BCUT2D eigenvalue weighted by molar-refractivity contribution is -0.138. The first-order valence-electron chi connectivity index (χ1n) is 14.2. The predicted molar refractivity (Wildman–Crippen MR) is 179 cm³/mol. The Morgan fingerprint density at radius 2 is 1.61 bits per heavy atom. The molecule has 12 heteroatoms. The van der Waals surface area contributed by atoms with Crippen LogP contribution in [0.25, 0.3) is 6.08 Å². The summed E-state index contributed by atoms with van der Waals surface area (Å²) in [5.74, 6) is -0.516. The van der Waals surface area contributed by atoms with Gasteiger partial charge in [0.2, 0.25) is 10.0 Å². The Hall–Kier alpha value is -3.86. The minimum atomic E-state index is -4.04. The van der Waals surface area contributed by atoms with E-state index < -0.39 is 21.9 Å². The lowest BCUT2D eigenvalue weighted by Gasteiger charge is -2.22. The van der Waals surface area contributed by atoms with E-state index in [4.69, 9.17) is 44.0 Å². The van der Waals surface area contributed by atoms with Gasteiger partial charge in [-0.15, -0.1) is 0 Å². The topological polar surface area (TPSA) is 97.1 Å². The van der Waals surface area contributed by atoms with Crippen molar-refractivity contribution < 1.29 is 27.2 Å². The lowest BCUT2D eigenvalue weighted by Crippen LogP contribution is -2.30. The Balaban J connectivity index is 1.49. The molecule has 0 fully saturated rings. The molecule has 0 bridgehead atoms. The summed E-state index contributed by atoms with van der Waals surface area (Å²) in [6.07, 6.45) is 1.47. The monoisotopic (exact) mass is 698 g/mol. The zero-order valence-electron chi connectivity index (χ0n) is 25.1. The van der Waals surface area contributed by atoms with Crippen molar-refractivity contribution in [1.29, 1.82) is 0 Å². The molecule has 0 unspecified atom stereocenters. The van der Waals surface area contributed by atoms with Crippen LogP contribution in [0.4, 0.5) is 5.69 Å². The predicted octanol–water partition coefficient (Wildman–Crippen LogP) is 8.21. The van der Waals surface area contributed by atoms with Gasteiger partial charge in [-0.05, 0) is 93.1 Å². The molecule has 0 spiro atoms. The van der Waals surface area contributed by atoms with Crippen molar-refractivity contribution in [1.82, 2.24) is 4.31 Å². The van der Waals surface area contributed by atoms with Gasteiger partial charge in [0.25, 0.3) is 5.91 Å². The Morgan fingerprint density at radius 3 is 2.26 bits per heavy atom. The zero-order valence-corrected chi connectivity index (χ0v) is 28.2. The molecule has 1 aliphatic rings. The Bertz CT molecular complexity index is 1970. The molecule has 5 rings (SSSR count). The van der Waals surface area contributed by atoms with Crippen LogP contribution < -0.4 is 4.90 Å². The fourth-order valence-corrected chi connectivity index (χ4v) is 6.82. The number of hydrogen-bond donors (Lipinski definition) is 0. The number of rotatable bonds is 10. The number of furan rings is 1. The molecule has 1 amide bonds. The van der Waals surface area contributed by atoms with Crippen LogP contribution in [0.15, 0.2) is 105 Å². The fourth-order valence-electron chi connectivity index (χ4n) is 4.98. The highest BCUT2D eigenvalue weighted by molar-refractivity contribution is 7.89. The molecule has 0 atom stereocenters. The number of carbonyl (C=O) groups is 2. The summed E-state index contributed by atoms with van der Waals surface area (Å²) in [4.78, 5) is 28.3. The van der Waals surface area contributed by atoms with Crippen molar-refractivity contribution >= 4 is 68.5 Å². The molecule has 46 heavy (non-hydrogen) atoms. The Labute approximate surface area is 282 Å². The van der Waals surface area contributed by atoms with Gasteiger partial charge in [-0.1, -0.05) is 58.6 Å². The minimum absolute atomic E-state index is 0.0401. The van der Waals surface area contributed by atoms with E-state index in [2.05, 4.69) is 0 Å². The van der Waals surface area contributed by atoms with E-state index >= 15 is 0 Å². The third-order valence-corrected chi connectivity index (χ3v) is 10.1. The molecule has 0 saturated heterocycles. The van der Waals surface area contributed by atoms with Gasteiger partial charge in [0.1, 0.15) is 11.5 Å². The zero-order chi connectivity index (χ0) is 33.2. The van der Waals surface area contributed by atoms with Gasteiger partial charge < -0.3 is 9.15 Å². The molecule has 4 aromatic rings. The van der Waals surface area contributed by atoms with Gasteiger partial charge in [0.15, 0.2) is 0 Å². The SMILES string of the molecule is CCOC(=O)C1=C(C)N(c2ccc(C)cc2)C(=O)/C1=C/c1ccc(CN(Cc2ccc(Cl)c(Cl)c2)S(=O)(=O)c2ccc(Cl)cc2)o1. The van der Waals surface area contributed by atoms with Gasteiger partial charge in [-0.25, -0.2) is 13.2 Å². The van der Waals surface area contributed by atoms with Gasteiger partial charge in [0.05, 0.1) is 39.2 Å². The van der Waals surface area contributed by atoms with Crippen LogP contribution in [-0.4, -0.2) is 31.2 Å². The van der Waals surface area contributed by atoms with E-state index in [-0.39, 0.29) is 46.5 Å². The number of halogens is 3. The molecule has 0 radical (unpaired) electrons. The molecule has 0 saturated carbocycles. The van der Waals surface area contributed by atoms with Crippen molar-refractivity contribution in [3.8, 4) is 0 Å². The first kappa shape index (κ1) is 33.5. The van der Waals surface area contributed by atoms with E-state index in [0.29, 0.717) is 32.8 Å². The normalized spacial score (nSPS) is 14.5. The highest BCUT2D eigenvalue weighted by Gasteiger charge is 2.38. The first-order chi connectivity index (χ1) is 21.9. The number of allylic oxidation sites excluding steroid dienone is 1. The maximum absolute atomic E-state index is 13.8. The molecular weight excluding hydrogens is 671 g/mol. The molecule has 3 aromatic carbocycles. The third kappa shape index (κ3) is 7.09. The van der Waals surface area contributed by atoms with Gasteiger partial charge >= 0.3 is 5.97 Å². The molecule has 1 aromatic heterocycles. The Morgan fingerprint density at radius 1 is 0.913 bits per heavy atom. The average molecular weight is 700 g/mol. The number of sulfonamides is 1. The van der Waals surface area contributed by atoms with E-state index in [0.717, 1.165) is 5.56 Å². The van der Waals surface area contributed by atoms with Crippen LogP contribution in [0.1, 0.15) is 36.5 Å². The number of nitrogens with zero attached hydrogens (tertiary/aromatic N) is 2. The van der Waals surface area contributed by atoms with Crippen LogP contribution in [0.3, 0.4) is 0 Å². The maximum atomic E-state index is 13.8. The van der Waals surface area contributed by atoms with Crippen molar-refractivity contribution in [2.24, 2.45) is 0 Å². The molecule has 1 aliphatic heterocycles. The second-order valence-electron chi connectivity index (χ2n) is 10.5. The summed E-state index contributed by atoms with van der Waals surface area (Å²) in [5, 5.41) is 1.03. The van der Waals surface area contributed by atoms with Crippen molar-refractivity contribution in [3.63, 3.8) is 0 Å². The third-order valence-electron chi connectivity index (χ3n) is 7.27. The number of esters is 1. The number of aryl methyl sites for hydroxylation is 1. The minimum Gasteiger partial charge on any atom is -0.462 e. The van der Waals surface area contributed by atoms with E-state index in [1.165, 1.54) is 39.5 Å². The van der Waals surface area contributed by atoms with Crippen molar-refractivity contribution in [3.05, 3.63) is 133 Å². The van der Waals surface area contributed by atoms with Crippen molar-refractivity contribution in [2.75, 3.05) is 11.5 Å². The maximum Gasteiger partial charge on any atom is 0.340 e. The van der Waals surface area contributed by atoms with E-state index in [9.17, 15) is 18.0 Å². The number of ether oxygens (including phenoxy) is 1. The van der Waals surface area contributed by atoms with E-state index in [1.54, 1.807) is 56.3 Å². The quantitative estimate of drug-likeness (QED) is 0.122. The van der Waals surface area contributed by atoms with Gasteiger partial charge in [0, 0.05) is 23.0 Å². The first-order valence-corrected chi connectivity index (χ1v) is 16.8. The standard InChI is InChI=1S/C34H29Cl3N2O6S/c1-4-44-34(41)32-22(3)39(25-10-5-21(2)6-11-25)33(40)29(32)18-26-12-13-27(45-26)20-38(19-23-7-16-30(36)31(37)17-23)46(42,43)28-14-8-24(35)9-15-28/h5-18H,4,19-20H2,1-3H3/b29-18+. The number of amides is 1. The van der Waals surface area contributed by atoms with Crippen LogP contribution in [0.2, 0.25) is 15.1 Å². The van der Waals surface area contributed by atoms with Crippen LogP contribution in [0.5, 0.6) is 0 Å². The van der Waals surface area contributed by atoms with E-state index in [1.807, 2.05) is 19.1 Å². The summed E-state index contributed by atoms with van der Waals surface area (Å²) in [6, 6.07) is 21.3. The fraction of sp³-hybridized carbons (Fsp3) is 0.176. The molecular formula is C34H29Cl3N2O6S.